The molecule has 154 valence electrons. The molecule has 0 aromatic carbocycles. The fourth-order valence-electron chi connectivity index (χ4n) is 4.22. The highest BCUT2D eigenvalue weighted by atomic mass is 35.5. The van der Waals surface area contributed by atoms with E-state index in [-0.39, 0.29) is 11.6 Å². The lowest BCUT2D eigenvalue weighted by Gasteiger charge is -2.27. The summed E-state index contributed by atoms with van der Waals surface area (Å²) in [7, 11) is 0. The van der Waals surface area contributed by atoms with Crippen LogP contribution in [0, 0.1) is 0 Å². The summed E-state index contributed by atoms with van der Waals surface area (Å²) in [6.45, 7) is 0.756. The van der Waals surface area contributed by atoms with E-state index in [0.29, 0.717) is 39.2 Å². The van der Waals surface area contributed by atoms with Gasteiger partial charge in [0.05, 0.1) is 17.4 Å². The minimum absolute atomic E-state index is 0.199. The molecule has 1 aliphatic rings. The highest BCUT2D eigenvalue weighted by molar-refractivity contribution is 6.33. The highest BCUT2D eigenvalue weighted by Gasteiger charge is 2.34. The molecular formula is C20H16ClN9O. The second kappa shape index (κ2) is 6.88. The third-order valence-electron chi connectivity index (χ3n) is 5.56. The first kappa shape index (κ1) is 18.0. The van der Waals surface area contributed by atoms with E-state index in [1.54, 1.807) is 39.9 Å². The van der Waals surface area contributed by atoms with Gasteiger partial charge in [0.2, 0.25) is 0 Å². The van der Waals surface area contributed by atoms with Crippen LogP contribution in [0.3, 0.4) is 0 Å². The lowest BCUT2D eigenvalue weighted by atomic mass is 10.2. The van der Waals surface area contributed by atoms with Crippen molar-refractivity contribution in [2.75, 3.05) is 11.4 Å². The largest absolute Gasteiger partial charge is 0.344 e. The van der Waals surface area contributed by atoms with Gasteiger partial charge in [-0.1, -0.05) is 17.7 Å². The topological polar surface area (TPSA) is 110 Å². The zero-order valence-electron chi connectivity index (χ0n) is 16.2. The standard InChI is InChI=1S/C20H16ClN9O/c21-12-6-9-29-16(12)20(31)30(14-5-1-2-7-22-14)18(27-29)13-4-3-8-28(13)19-15-17(24-10-23-15)25-11-26-19/h1-2,5-7,9-11,13H,3-4,8H2,(H,23,24,25,26)/t13-/m0/s1. The van der Waals surface area contributed by atoms with Gasteiger partial charge in [-0.25, -0.2) is 29.0 Å². The molecule has 0 saturated carbocycles. The van der Waals surface area contributed by atoms with Crippen LogP contribution in [0.1, 0.15) is 24.7 Å². The van der Waals surface area contributed by atoms with Gasteiger partial charge in [-0.2, -0.15) is 5.10 Å². The van der Waals surface area contributed by atoms with Crippen LogP contribution in [0.2, 0.25) is 5.02 Å². The number of anilines is 1. The quantitative estimate of drug-likeness (QED) is 0.465. The Morgan fingerprint density at radius 1 is 1.13 bits per heavy atom. The molecular weight excluding hydrogens is 418 g/mol. The number of aromatic amines is 1. The lowest BCUT2D eigenvalue weighted by molar-refractivity contribution is 0.598. The molecule has 1 atom stereocenters. The molecule has 5 aromatic heterocycles. The molecule has 6 rings (SSSR count). The Morgan fingerprint density at radius 2 is 2.06 bits per heavy atom. The van der Waals surface area contributed by atoms with Gasteiger partial charge in [-0.15, -0.1) is 0 Å². The number of aromatic nitrogens is 8. The van der Waals surface area contributed by atoms with Crippen molar-refractivity contribution < 1.29 is 0 Å². The molecule has 0 bridgehead atoms. The normalized spacial score (nSPS) is 16.5. The summed E-state index contributed by atoms with van der Waals surface area (Å²) in [5.41, 5.74) is 1.40. The van der Waals surface area contributed by atoms with Gasteiger partial charge >= 0.3 is 0 Å². The van der Waals surface area contributed by atoms with Gasteiger partial charge in [0.25, 0.3) is 5.56 Å². The van der Waals surface area contributed by atoms with Gasteiger partial charge in [0.1, 0.15) is 23.2 Å². The lowest BCUT2D eigenvalue weighted by Crippen LogP contribution is -2.33. The molecule has 6 heterocycles. The molecule has 11 heteroatoms. The highest BCUT2D eigenvalue weighted by Crippen LogP contribution is 2.36. The summed E-state index contributed by atoms with van der Waals surface area (Å²) in [4.78, 5) is 36.2. The predicted molar refractivity (Wildman–Crippen MR) is 115 cm³/mol. The number of nitrogens with one attached hydrogen (secondary N) is 1. The smallest absolute Gasteiger partial charge is 0.285 e. The number of fused-ring (bicyclic) bond motifs is 2. The van der Waals surface area contributed by atoms with Crippen molar-refractivity contribution in [1.82, 2.24) is 39.1 Å². The van der Waals surface area contributed by atoms with Crippen molar-refractivity contribution >= 4 is 34.1 Å². The maximum absolute atomic E-state index is 13.5. The van der Waals surface area contributed by atoms with Crippen molar-refractivity contribution in [3.8, 4) is 5.82 Å². The minimum atomic E-state index is -0.266. The maximum Gasteiger partial charge on any atom is 0.285 e. The summed E-state index contributed by atoms with van der Waals surface area (Å²) in [5, 5.41) is 5.15. The Labute approximate surface area is 180 Å². The number of hydrogen-bond donors (Lipinski definition) is 1. The van der Waals surface area contributed by atoms with E-state index in [1.165, 1.54) is 6.33 Å². The Balaban J connectivity index is 1.60. The number of hydrogen-bond acceptors (Lipinski definition) is 7. The Morgan fingerprint density at radius 3 is 2.94 bits per heavy atom. The second-order valence-corrected chi connectivity index (χ2v) is 7.70. The van der Waals surface area contributed by atoms with Crippen LogP contribution in [0.15, 0.2) is 54.1 Å². The molecule has 5 aromatic rings. The van der Waals surface area contributed by atoms with E-state index < -0.39 is 0 Å². The van der Waals surface area contributed by atoms with E-state index in [0.717, 1.165) is 19.4 Å². The number of pyridine rings is 1. The fourth-order valence-corrected chi connectivity index (χ4v) is 4.45. The predicted octanol–water partition coefficient (Wildman–Crippen LogP) is 2.54. The molecule has 0 aliphatic carbocycles. The number of imidazole rings is 1. The summed E-state index contributed by atoms with van der Waals surface area (Å²) >= 11 is 6.29. The zero-order valence-corrected chi connectivity index (χ0v) is 16.9. The molecule has 10 nitrogen and oxygen atoms in total. The average Bonchev–Trinajstić information content (AvgIpc) is 3.53. The van der Waals surface area contributed by atoms with Crippen molar-refractivity contribution in [1.29, 1.82) is 0 Å². The average molecular weight is 434 g/mol. The molecule has 0 unspecified atom stereocenters. The van der Waals surface area contributed by atoms with Crippen molar-refractivity contribution in [2.24, 2.45) is 0 Å². The molecule has 1 aliphatic heterocycles. The number of nitrogens with zero attached hydrogens (tertiary/aromatic N) is 8. The fraction of sp³-hybridized carbons (Fsp3) is 0.200. The number of rotatable bonds is 3. The zero-order chi connectivity index (χ0) is 20.9. The van der Waals surface area contributed by atoms with Gasteiger partial charge in [-0.05, 0) is 31.0 Å². The maximum atomic E-state index is 13.5. The van der Waals surface area contributed by atoms with Gasteiger partial charge < -0.3 is 9.88 Å². The molecule has 1 saturated heterocycles. The Hall–Kier alpha value is -3.79. The van der Waals surface area contributed by atoms with E-state index >= 15 is 0 Å². The summed E-state index contributed by atoms with van der Waals surface area (Å²) in [6, 6.07) is 6.90. The molecule has 31 heavy (non-hydrogen) atoms. The Bertz CT molecular complexity index is 1470. The number of halogens is 1. The van der Waals surface area contributed by atoms with Crippen molar-refractivity contribution in [2.45, 2.75) is 18.9 Å². The summed E-state index contributed by atoms with van der Waals surface area (Å²) < 4.78 is 3.09. The minimum Gasteiger partial charge on any atom is -0.344 e. The van der Waals surface area contributed by atoms with Gasteiger partial charge in [-0.3, -0.25) is 4.79 Å². The monoisotopic (exact) mass is 433 g/mol. The van der Waals surface area contributed by atoms with E-state index in [2.05, 4.69) is 29.8 Å². The van der Waals surface area contributed by atoms with Crippen LogP contribution in [0.5, 0.6) is 0 Å². The van der Waals surface area contributed by atoms with Crippen LogP contribution in [0.25, 0.3) is 22.5 Å². The third kappa shape index (κ3) is 2.72. The first-order valence-corrected chi connectivity index (χ1v) is 10.2. The van der Waals surface area contributed by atoms with Crippen molar-refractivity contribution in [3.05, 3.63) is 70.5 Å². The second-order valence-electron chi connectivity index (χ2n) is 7.29. The SMILES string of the molecule is O=c1c2c(Cl)ccn2nc([C@@H]2CCCN2c2ncnc3[nH]cnc23)n1-c1ccccn1. The summed E-state index contributed by atoms with van der Waals surface area (Å²) in [6.07, 6.45) is 8.18. The van der Waals surface area contributed by atoms with Crippen LogP contribution >= 0.6 is 11.6 Å². The van der Waals surface area contributed by atoms with Gasteiger partial charge in [0.15, 0.2) is 17.3 Å². The van der Waals surface area contributed by atoms with Crippen LogP contribution in [0.4, 0.5) is 5.82 Å². The van der Waals surface area contributed by atoms with Crippen LogP contribution in [-0.2, 0) is 0 Å². The van der Waals surface area contributed by atoms with Crippen molar-refractivity contribution in [3.63, 3.8) is 0 Å². The Kier molecular flexibility index (Phi) is 4.00. The molecule has 0 radical (unpaired) electrons. The van der Waals surface area contributed by atoms with E-state index in [9.17, 15) is 4.79 Å². The van der Waals surface area contributed by atoms with E-state index in [1.807, 2.05) is 12.1 Å². The third-order valence-corrected chi connectivity index (χ3v) is 5.87. The van der Waals surface area contributed by atoms with E-state index in [4.69, 9.17) is 16.7 Å². The van der Waals surface area contributed by atoms with Crippen LogP contribution in [-0.4, -0.2) is 45.6 Å². The first-order chi connectivity index (χ1) is 15.2. The summed E-state index contributed by atoms with van der Waals surface area (Å²) in [5.74, 6) is 1.78. The van der Waals surface area contributed by atoms with Gasteiger partial charge in [0, 0.05) is 18.9 Å². The number of H-pyrrole nitrogens is 1. The van der Waals surface area contributed by atoms with Crippen LogP contribution < -0.4 is 10.5 Å². The molecule has 1 fully saturated rings. The molecule has 0 amide bonds. The molecule has 0 spiro atoms. The molecule has 1 N–H and O–H groups in total. The first-order valence-electron chi connectivity index (χ1n) is 9.84.